The fourth-order valence-corrected chi connectivity index (χ4v) is 2.08. The Morgan fingerprint density at radius 3 is 3.06 bits per heavy atom. The van der Waals surface area contributed by atoms with Crippen LogP contribution in [0, 0.1) is 3.57 Å². The fraction of sp³-hybridized carbons (Fsp3) is 0.308. The molecule has 0 atom stereocenters. The molecule has 0 radical (unpaired) electrons. The maximum Gasteiger partial charge on any atom is 0.208 e. The second-order valence-electron chi connectivity index (χ2n) is 3.81. The molecule has 3 nitrogen and oxygen atoms in total. The average molecular weight is 342 g/mol. The van der Waals surface area contributed by atoms with E-state index in [9.17, 15) is 0 Å². The van der Waals surface area contributed by atoms with Crippen LogP contribution in [0.3, 0.4) is 0 Å². The molecule has 0 amide bonds. The normalized spacial score (nSPS) is 10.7. The van der Waals surface area contributed by atoms with Crippen LogP contribution in [0.5, 0.6) is 0 Å². The van der Waals surface area contributed by atoms with Crippen molar-refractivity contribution in [3.8, 4) is 11.3 Å². The summed E-state index contributed by atoms with van der Waals surface area (Å²) in [5.41, 5.74) is 1.08. The van der Waals surface area contributed by atoms with Gasteiger partial charge in [-0.15, -0.1) is 0 Å². The zero-order valence-electron chi connectivity index (χ0n) is 9.74. The number of benzene rings is 1. The molecule has 0 bridgehead atoms. The molecular weight excluding hydrogens is 327 g/mol. The first-order chi connectivity index (χ1) is 8.29. The Labute approximate surface area is 115 Å². The van der Waals surface area contributed by atoms with Gasteiger partial charge in [0.1, 0.15) is 0 Å². The van der Waals surface area contributed by atoms with Crippen molar-refractivity contribution in [2.45, 2.75) is 19.9 Å². The third-order valence-corrected chi connectivity index (χ3v) is 3.04. The highest BCUT2D eigenvalue weighted by molar-refractivity contribution is 14.1. The molecule has 4 heteroatoms. The number of aromatic nitrogens is 1. The highest BCUT2D eigenvalue weighted by atomic mass is 127. The van der Waals surface area contributed by atoms with Gasteiger partial charge in [-0.1, -0.05) is 19.1 Å². The molecule has 0 saturated heterocycles. The Morgan fingerprint density at radius 2 is 2.29 bits per heavy atom. The lowest BCUT2D eigenvalue weighted by Gasteiger charge is -1.98. The fourth-order valence-electron chi connectivity index (χ4n) is 1.54. The number of halogens is 1. The van der Waals surface area contributed by atoms with Crippen LogP contribution in [0.25, 0.3) is 11.3 Å². The highest BCUT2D eigenvalue weighted by Crippen LogP contribution is 2.21. The van der Waals surface area contributed by atoms with E-state index in [1.165, 1.54) is 3.57 Å². The van der Waals surface area contributed by atoms with Gasteiger partial charge in [-0.2, -0.15) is 0 Å². The summed E-state index contributed by atoms with van der Waals surface area (Å²) in [7, 11) is 0. The Morgan fingerprint density at radius 1 is 1.41 bits per heavy atom. The maximum absolute atomic E-state index is 5.69. The Hall–Kier alpha value is -0.880. The van der Waals surface area contributed by atoms with Crippen LogP contribution >= 0.6 is 22.6 Å². The molecule has 0 aliphatic heterocycles. The van der Waals surface area contributed by atoms with Gasteiger partial charge in [-0.3, -0.25) is 0 Å². The molecule has 17 heavy (non-hydrogen) atoms. The topological polar surface area (TPSA) is 38.1 Å². The van der Waals surface area contributed by atoms with Crippen LogP contribution in [-0.2, 0) is 6.54 Å². The molecule has 0 fully saturated rings. The van der Waals surface area contributed by atoms with Crippen LogP contribution in [-0.4, -0.2) is 11.5 Å². The Balaban J connectivity index is 2.07. The average Bonchev–Trinajstić information content (AvgIpc) is 2.78. The first-order valence-electron chi connectivity index (χ1n) is 5.71. The van der Waals surface area contributed by atoms with E-state index in [4.69, 9.17) is 4.42 Å². The largest absolute Gasteiger partial charge is 0.439 e. The van der Waals surface area contributed by atoms with Crippen molar-refractivity contribution >= 4 is 22.6 Å². The summed E-state index contributed by atoms with van der Waals surface area (Å²) in [5.74, 6) is 1.57. The van der Waals surface area contributed by atoms with Crippen LogP contribution < -0.4 is 5.32 Å². The predicted molar refractivity (Wildman–Crippen MR) is 76.7 cm³/mol. The van der Waals surface area contributed by atoms with E-state index in [1.807, 2.05) is 12.1 Å². The van der Waals surface area contributed by atoms with Crippen LogP contribution in [0.1, 0.15) is 19.2 Å². The van der Waals surface area contributed by atoms with Gasteiger partial charge in [0.05, 0.1) is 12.7 Å². The number of nitrogens with one attached hydrogen (secondary N) is 1. The summed E-state index contributed by atoms with van der Waals surface area (Å²) in [6, 6.07) is 8.20. The molecule has 0 aliphatic carbocycles. The van der Waals surface area contributed by atoms with Crippen LogP contribution in [0.15, 0.2) is 34.9 Å². The van der Waals surface area contributed by atoms with Crippen molar-refractivity contribution in [3.63, 3.8) is 0 Å². The van der Waals surface area contributed by atoms with Crippen molar-refractivity contribution < 1.29 is 4.42 Å². The zero-order valence-corrected chi connectivity index (χ0v) is 11.9. The van der Waals surface area contributed by atoms with Crippen molar-refractivity contribution in [2.24, 2.45) is 0 Å². The second-order valence-corrected chi connectivity index (χ2v) is 5.05. The Kier molecular flexibility index (Phi) is 4.56. The summed E-state index contributed by atoms with van der Waals surface area (Å²) < 4.78 is 6.89. The van der Waals surface area contributed by atoms with E-state index >= 15 is 0 Å². The first kappa shape index (κ1) is 12.6. The van der Waals surface area contributed by atoms with Gasteiger partial charge in [0.15, 0.2) is 5.76 Å². The van der Waals surface area contributed by atoms with E-state index in [1.54, 1.807) is 6.20 Å². The minimum absolute atomic E-state index is 0.692. The molecule has 2 aromatic rings. The van der Waals surface area contributed by atoms with Crippen molar-refractivity contribution in [3.05, 3.63) is 39.9 Å². The summed E-state index contributed by atoms with van der Waals surface area (Å²) in [6.07, 6.45) is 2.90. The van der Waals surface area contributed by atoms with Gasteiger partial charge < -0.3 is 9.73 Å². The molecule has 2 rings (SSSR count). The quantitative estimate of drug-likeness (QED) is 0.668. The lowest BCUT2D eigenvalue weighted by atomic mass is 10.2. The summed E-state index contributed by atoms with van der Waals surface area (Å²) in [4.78, 5) is 4.26. The van der Waals surface area contributed by atoms with E-state index in [0.717, 1.165) is 30.2 Å². The first-order valence-corrected chi connectivity index (χ1v) is 6.79. The van der Waals surface area contributed by atoms with Gasteiger partial charge in [0.25, 0.3) is 0 Å². The predicted octanol–water partition coefficient (Wildman–Crippen LogP) is 3.45. The van der Waals surface area contributed by atoms with Crippen LogP contribution in [0.2, 0.25) is 0 Å². The number of oxazole rings is 1. The third-order valence-electron chi connectivity index (χ3n) is 2.37. The standard InChI is InChI=1S/C13H15IN2O/c1-2-6-15-9-13-16-8-12(17-13)10-4-3-5-11(14)7-10/h3-5,7-8,15H,2,6,9H2,1H3. The molecule has 1 aromatic carbocycles. The number of hydrogen-bond acceptors (Lipinski definition) is 3. The van der Waals surface area contributed by atoms with E-state index in [2.05, 4.69) is 51.9 Å². The maximum atomic E-state index is 5.69. The molecule has 1 heterocycles. The minimum atomic E-state index is 0.692. The second kappa shape index (κ2) is 6.16. The molecule has 0 aliphatic rings. The van der Waals surface area contributed by atoms with Crippen molar-refractivity contribution in [1.82, 2.24) is 10.3 Å². The minimum Gasteiger partial charge on any atom is -0.439 e. The van der Waals surface area contributed by atoms with Gasteiger partial charge in [-0.05, 0) is 47.7 Å². The molecular formula is C13H15IN2O. The van der Waals surface area contributed by atoms with Gasteiger partial charge >= 0.3 is 0 Å². The zero-order chi connectivity index (χ0) is 12.1. The lowest BCUT2D eigenvalue weighted by Crippen LogP contribution is -2.13. The molecule has 0 spiro atoms. The smallest absolute Gasteiger partial charge is 0.208 e. The molecule has 1 N–H and O–H groups in total. The van der Waals surface area contributed by atoms with E-state index in [-0.39, 0.29) is 0 Å². The van der Waals surface area contributed by atoms with Crippen molar-refractivity contribution in [1.29, 1.82) is 0 Å². The summed E-state index contributed by atoms with van der Waals surface area (Å²) in [5, 5.41) is 3.27. The number of nitrogens with zero attached hydrogens (tertiary/aromatic N) is 1. The molecule has 1 aromatic heterocycles. The van der Waals surface area contributed by atoms with Gasteiger partial charge in [-0.25, -0.2) is 4.98 Å². The Bertz CT molecular complexity index is 482. The molecule has 90 valence electrons. The number of hydrogen-bond donors (Lipinski definition) is 1. The number of rotatable bonds is 5. The molecule has 0 saturated carbocycles. The van der Waals surface area contributed by atoms with E-state index in [0.29, 0.717) is 6.54 Å². The summed E-state index contributed by atoms with van der Waals surface area (Å²) >= 11 is 2.29. The monoisotopic (exact) mass is 342 g/mol. The lowest BCUT2D eigenvalue weighted by molar-refractivity contribution is 0.478. The van der Waals surface area contributed by atoms with Gasteiger partial charge in [0.2, 0.25) is 5.89 Å². The van der Waals surface area contributed by atoms with Gasteiger partial charge in [0, 0.05) is 9.13 Å². The molecule has 0 unspecified atom stereocenters. The SMILES string of the molecule is CCCNCc1ncc(-c2cccc(I)c2)o1. The summed E-state index contributed by atoms with van der Waals surface area (Å²) in [6.45, 7) is 3.82. The third kappa shape index (κ3) is 3.54. The van der Waals surface area contributed by atoms with Crippen LogP contribution in [0.4, 0.5) is 0 Å². The van der Waals surface area contributed by atoms with Crippen molar-refractivity contribution in [2.75, 3.05) is 6.54 Å². The highest BCUT2D eigenvalue weighted by Gasteiger charge is 2.05. The van der Waals surface area contributed by atoms with E-state index < -0.39 is 0 Å².